The van der Waals surface area contributed by atoms with E-state index in [1.54, 1.807) is 4.90 Å². The van der Waals surface area contributed by atoms with Gasteiger partial charge in [0.25, 0.3) is 0 Å². The lowest BCUT2D eigenvalue weighted by molar-refractivity contribution is -0.137. The number of likely N-dealkylation sites (tertiary alicyclic amines) is 1. The highest BCUT2D eigenvalue weighted by atomic mass is 35.5. The number of urea groups is 1. The Bertz CT molecular complexity index is 1100. The van der Waals surface area contributed by atoms with Gasteiger partial charge in [-0.05, 0) is 68.1 Å². The molecule has 5 nitrogen and oxygen atoms in total. The Morgan fingerprint density at radius 3 is 2.71 bits per heavy atom. The summed E-state index contributed by atoms with van der Waals surface area (Å²) in [5.74, 6) is 0.832. The van der Waals surface area contributed by atoms with Gasteiger partial charge in [0.1, 0.15) is 5.82 Å². The third kappa shape index (κ3) is 4.49. The number of anilines is 1. The van der Waals surface area contributed by atoms with Gasteiger partial charge in [-0.15, -0.1) is 0 Å². The van der Waals surface area contributed by atoms with E-state index in [1.165, 1.54) is 5.56 Å². The van der Waals surface area contributed by atoms with Crippen LogP contribution in [0.3, 0.4) is 0 Å². The molecule has 2 heterocycles. The van der Waals surface area contributed by atoms with Crippen molar-refractivity contribution in [1.82, 2.24) is 14.9 Å². The zero-order valence-electron chi connectivity index (χ0n) is 17.1. The molecule has 2 N–H and O–H groups in total. The van der Waals surface area contributed by atoms with Crippen molar-refractivity contribution < 1.29 is 18.0 Å². The number of carbonyl (C=O) groups excluding carboxylic acids is 1. The van der Waals surface area contributed by atoms with Crippen LogP contribution in [0.4, 0.5) is 23.7 Å². The minimum absolute atomic E-state index is 0.0180. The van der Waals surface area contributed by atoms with Gasteiger partial charge in [0.15, 0.2) is 0 Å². The van der Waals surface area contributed by atoms with E-state index >= 15 is 0 Å². The number of halogens is 4. The van der Waals surface area contributed by atoms with Crippen molar-refractivity contribution in [3.8, 4) is 0 Å². The summed E-state index contributed by atoms with van der Waals surface area (Å²) in [7, 11) is 0. The second-order valence-electron chi connectivity index (χ2n) is 7.98. The number of amides is 2. The molecule has 1 atom stereocenters. The van der Waals surface area contributed by atoms with Crippen LogP contribution in [0.15, 0.2) is 30.3 Å². The number of H-pyrrole nitrogens is 1. The second-order valence-corrected chi connectivity index (χ2v) is 8.39. The van der Waals surface area contributed by atoms with Gasteiger partial charge in [0, 0.05) is 19.0 Å². The van der Waals surface area contributed by atoms with Gasteiger partial charge in [-0.1, -0.05) is 11.6 Å². The van der Waals surface area contributed by atoms with Crippen LogP contribution >= 0.6 is 11.6 Å². The predicted octanol–water partition coefficient (Wildman–Crippen LogP) is 6.26. The molecular weight excluding hydrogens is 429 g/mol. The Balaban J connectivity index is 1.51. The molecule has 1 saturated heterocycles. The van der Waals surface area contributed by atoms with Gasteiger partial charge in [-0.3, -0.25) is 0 Å². The number of carbonyl (C=O) groups is 1. The lowest BCUT2D eigenvalue weighted by Gasteiger charge is -2.32. The van der Waals surface area contributed by atoms with Crippen LogP contribution in [0.1, 0.15) is 41.3 Å². The number of imidazole rings is 1. The van der Waals surface area contributed by atoms with Crippen LogP contribution in [0.5, 0.6) is 0 Å². The number of fused-ring (bicyclic) bond motifs is 1. The number of aromatic amines is 1. The highest BCUT2D eigenvalue weighted by molar-refractivity contribution is 6.33. The molecule has 2 aromatic carbocycles. The van der Waals surface area contributed by atoms with Crippen molar-refractivity contribution in [2.24, 2.45) is 0 Å². The van der Waals surface area contributed by atoms with Crippen molar-refractivity contribution in [3.05, 3.63) is 57.9 Å². The molecule has 3 aromatic rings. The molecule has 1 aromatic heterocycles. The fourth-order valence-electron chi connectivity index (χ4n) is 3.86. The van der Waals surface area contributed by atoms with Crippen LogP contribution in [0.25, 0.3) is 11.0 Å². The van der Waals surface area contributed by atoms with Gasteiger partial charge >= 0.3 is 12.2 Å². The van der Waals surface area contributed by atoms with Crippen molar-refractivity contribution in [3.63, 3.8) is 0 Å². The zero-order valence-corrected chi connectivity index (χ0v) is 17.9. The first-order chi connectivity index (χ1) is 14.6. The first-order valence-corrected chi connectivity index (χ1v) is 10.4. The Kier molecular flexibility index (Phi) is 5.60. The van der Waals surface area contributed by atoms with Crippen LogP contribution in [0.2, 0.25) is 5.02 Å². The van der Waals surface area contributed by atoms with Crippen molar-refractivity contribution in [2.75, 3.05) is 18.4 Å². The van der Waals surface area contributed by atoms with E-state index < -0.39 is 17.8 Å². The smallest absolute Gasteiger partial charge is 0.342 e. The third-order valence-corrected chi connectivity index (χ3v) is 6.08. The van der Waals surface area contributed by atoms with Crippen molar-refractivity contribution >= 4 is 34.4 Å². The Morgan fingerprint density at radius 1 is 1.23 bits per heavy atom. The summed E-state index contributed by atoms with van der Waals surface area (Å²) in [5, 5.41) is 2.58. The number of alkyl halides is 3. The lowest BCUT2D eigenvalue weighted by atomic mass is 9.97. The maximum atomic E-state index is 13.0. The van der Waals surface area contributed by atoms with Crippen LogP contribution in [-0.2, 0) is 6.18 Å². The number of hydrogen-bond acceptors (Lipinski definition) is 2. The fraction of sp³-hybridized carbons (Fsp3) is 0.364. The van der Waals surface area contributed by atoms with Gasteiger partial charge in [-0.2, -0.15) is 13.2 Å². The SMILES string of the molecule is Cc1cc2nc(C3CCCN(C(=O)Nc4cc(C(F)(F)F)ccc4Cl)C3)[nH]c2cc1C. The molecule has 1 unspecified atom stereocenters. The summed E-state index contributed by atoms with van der Waals surface area (Å²) in [6, 6.07) is 6.49. The highest BCUT2D eigenvalue weighted by Crippen LogP contribution is 2.34. The Hall–Kier alpha value is -2.74. The third-order valence-electron chi connectivity index (χ3n) is 5.75. The molecule has 1 aliphatic heterocycles. The fourth-order valence-corrected chi connectivity index (χ4v) is 4.02. The average Bonchev–Trinajstić information content (AvgIpc) is 3.12. The molecule has 1 aliphatic rings. The largest absolute Gasteiger partial charge is 0.416 e. The minimum Gasteiger partial charge on any atom is -0.342 e. The topological polar surface area (TPSA) is 61.0 Å². The normalized spacial score (nSPS) is 17.2. The molecule has 31 heavy (non-hydrogen) atoms. The van der Waals surface area contributed by atoms with Gasteiger partial charge < -0.3 is 15.2 Å². The zero-order chi connectivity index (χ0) is 22.3. The number of aromatic nitrogens is 2. The van der Waals surface area contributed by atoms with Crippen LogP contribution < -0.4 is 5.32 Å². The van der Waals surface area contributed by atoms with E-state index in [0.717, 1.165) is 53.5 Å². The number of benzene rings is 2. The maximum absolute atomic E-state index is 13.0. The van der Waals surface area contributed by atoms with Crippen LogP contribution in [-0.4, -0.2) is 34.0 Å². The molecule has 0 bridgehead atoms. The molecule has 2 amide bonds. The molecule has 1 fully saturated rings. The summed E-state index contributed by atoms with van der Waals surface area (Å²) in [6.07, 6.45) is -2.88. The van der Waals surface area contributed by atoms with E-state index in [2.05, 4.69) is 16.4 Å². The average molecular weight is 451 g/mol. The first kappa shape index (κ1) is 21.5. The summed E-state index contributed by atoms with van der Waals surface area (Å²) < 4.78 is 39.0. The summed E-state index contributed by atoms with van der Waals surface area (Å²) >= 11 is 6.01. The second kappa shape index (κ2) is 8.07. The van der Waals surface area contributed by atoms with Crippen molar-refractivity contribution in [2.45, 2.75) is 38.8 Å². The Labute approximate surface area is 182 Å². The predicted molar refractivity (Wildman–Crippen MR) is 115 cm³/mol. The molecule has 4 rings (SSSR count). The molecule has 0 saturated carbocycles. The first-order valence-electron chi connectivity index (χ1n) is 10.0. The number of hydrogen-bond donors (Lipinski definition) is 2. The van der Waals surface area contributed by atoms with Gasteiger partial charge in [0.05, 0.1) is 27.3 Å². The molecule has 0 aliphatic carbocycles. The number of piperidine rings is 1. The van der Waals surface area contributed by atoms with E-state index in [4.69, 9.17) is 16.6 Å². The number of rotatable bonds is 2. The van der Waals surface area contributed by atoms with Crippen LogP contribution in [0, 0.1) is 13.8 Å². The van der Waals surface area contributed by atoms with Gasteiger partial charge in [-0.25, -0.2) is 9.78 Å². The minimum atomic E-state index is -4.52. The highest BCUT2D eigenvalue weighted by Gasteiger charge is 2.32. The summed E-state index contributed by atoms with van der Waals surface area (Å²) in [5.41, 5.74) is 3.25. The lowest BCUT2D eigenvalue weighted by Crippen LogP contribution is -2.41. The Morgan fingerprint density at radius 2 is 1.97 bits per heavy atom. The van der Waals surface area contributed by atoms with E-state index in [0.29, 0.717) is 13.1 Å². The number of nitrogens with zero attached hydrogens (tertiary/aromatic N) is 2. The molecule has 164 valence electrons. The maximum Gasteiger partial charge on any atom is 0.416 e. The van der Waals surface area contributed by atoms with E-state index in [1.807, 2.05) is 19.9 Å². The van der Waals surface area contributed by atoms with Crippen molar-refractivity contribution in [1.29, 1.82) is 0 Å². The standard InChI is InChI=1S/C22H22ClF3N4O/c1-12-8-18-19(9-13(12)2)28-20(27-18)14-4-3-7-30(11-14)21(31)29-17-10-15(22(24,25)26)5-6-16(17)23/h5-6,8-10,14H,3-4,7,11H2,1-2H3,(H,27,28)(H,29,31). The molecule has 0 spiro atoms. The molecule has 9 heteroatoms. The number of aryl methyl sites for hydroxylation is 2. The molecular formula is C22H22ClF3N4O. The van der Waals surface area contributed by atoms with E-state index in [-0.39, 0.29) is 16.6 Å². The van der Waals surface area contributed by atoms with E-state index in [9.17, 15) is 18.0 Å². The molecule has 0 radical (unpaired) electrons. The summed E-state index contributed by atoms with van der Waals surface area (Å²) in [6.45, 7) is 5.01. The summed E-state index contributed by atoms with van der Waals surface area (Å²) in [4.78, 5) is 22.4. The quantitative estimate of drug-likeness (QED) is 0.483. The van der Waals surface area contributed by atoms with Gasteiger partial charge in [0.2, 0.25) is 0 Å². The number of nitrogens with one attached hydrogen (secondary N) is 2. The monoisotopic (exact) mass is 450 g/mol.